The van der Waals surface area contributed by atoms with Gasteiger partial charge in [0.2, 0.25) is 0 Å². The molecule has 1 aliphatic rings. The van der Waals surface area contributed by atoms with E-state index in [1.807, 2.05) is 6.07 Å². The lowest BCUT2D eigenvalue weighted by molar-refractivity contribution is 0.102. The molecule has 0 fully saturated rings. The van der Waals surface area contributed by atoms with Crippen molar-refractivity contribution in [3.05, 3.63) is 28.8 Å². The molecule has 0 saturated carbocycles. The van der Waals surface area contributed by atoms with Crippen LogP contribution in [0.25, 0.3) is 0 Å². The van der Waals surface area contributed by atoms with Crippen LogP contribution in [0.5, 0.6) is 0 Å². The standard InChI is InChI=1S/C11H12ClNO/c12-6-10(14)9-5-4-7-2-1-3-8(7)11(9)13/h4-5H,1-3,6,13H2. The van der Waals surface area contributed by atoms with Crippen molar-refractivity contribution in [2.75, 3.05) is 11.6 Å². The number of fused-ring (bicyclic) bond motifs is 1. The molecular formula is C11H12ClNO. The fourth-order valence-corrected chi connectivity index (χ4v) is 2.15. The lowest BCUT2D eigenvalue weighted by atomic mass is 10.0. The first kappa shape index (κ1) is 9.53. The molecule has 0 atom stereocenters. The van der Waals surface area contributed by atoms with E-state index in [9.17, 15) is 4.79 Å². The summed E-state index contributed by atoms with van der Waals surface area (Å²) < 4.78 is 0. The van der Waals surface area contributed by atoms with Crippen LogP contribution in [0.1, 0.15) is 27.9 Å². The van der Waals surface area contributed by atoms with Gasteiger partial charge in [0.25, 0.3) is 0 Å². The minimum Gasteiger partial charge on any atom is -0.398 e. The molecule has 1 aromatic carbocycles. The molecule has 0 bridgehead atoms. The number of halogens is 1. The molecule has 2 N–H and O–H groups in total. The van der Waals surface area contributed by atoms with Crippen molar-refractivity contribution >= 4 is 23.1 Å². The van der Waals surface area contributed by atoms with Crippen molar-refractivity contribution in [3.63, 3.8) is 0 Å². The van der Waals surface area contributed by atoms with Gasteiger partial charge in [-0.05, 0) is 36.5 Å². The number of rotatable bonds is 2. The number of anilines is 1. The van der Waals surface area contributed by atoms with Crippen molar-refractivity contribution in [2.24, 2.45) is 0 Å². The molecule has 0 radical (unpaired) electrons. The van der Waals surface area contributed by atoms with Crippen LogP contribution in [-0.2, 0) is 12.8 Å². The van der Waals surface area contributed by atoms with Crippen LogP contribution >= 0.6 is 11.6 Å². The Morgan fingerprint density at radius 3 is 2.93 bits per heavy atom. The van der Waals surface area contributed by atoms with Crippen LogP contribution in [0.3, 0.4) is 0 Å². The molecule has 0 aliphatic heterocycles. The normalized spacial score (nSPS) is 14.1. The van der Waals surface area contributed by atoms with Crippen molar-refractivity contribution in [3.8, 4) is 0 Å². The Hall–Kier alpha value is -1.02. The summed E-state index contributed by atoms with van der Waals surface area (Å²) in [4.78, 5) is 11.4. The van der Waals surface area contributed by atoms with Gasteiger partial charge in [0.05, 0.1) is 5.88 Å². The highest BCUT2D eigenvalue weighted by Gasteiger charge is 2.18. The number of Topliss-reactive ketones (excluding diaryl/α,β-unsaturated/α-hetero) is 1. The van der Waals surface area contributed by atoms with E-state index in [1.54, 1.807) is 6.07 Å². The highest BCUT2D eigenvalue weighted by atomic mass is 35.5. The predicted octanol–water partition coefficient (Wildman–Crippen LogP) is 2.18. The van der Waals surface area contributed by atoms with Gasteiger partial charge in [0.15, 0.2) is 5.78 Å². The first-order valence-electron chi connectivity index (χ1n) is 4.73. The maximum absolute atomic E-state index is 11.4. The molecule has 1 aliphatic carbocycles. The van der Waals surface area contributed by atoms with E-state index in [2.05, 4.69) is 0 Å². The third-order valence-corrected chi connectivity index (χ3v) is 2.99. The number of alkyl halides is 1. The van der Waals surface area contributed by atoms with E-state index in [0.29, 0.717) is 11.3 Å². The average Bonchev–Trinajstić information content (AvgIpc) is 2.66. The molecule has 1 aromatic rings. The first-order chi connectivity index (χ1) is 6.74. The van der Waals surface area contributed by atoms with Gasteiger partial charge in [-0.25, -0.2) is 0 Å². The van der Waals surface area contributed by atoms with Crippen molar-refractivity contribution in [1.82, 2.24) is 0 Å². The van der Waals surface area contributed by atoms with Gasteiger partial charge in [0.1, 0.15) is 0 Å². The lowest BCUT2D eigenvalue weighted by Crippen LogP contribution is -2.07. The third-order valence-electron chi connectivity index (χ3n) is 2.75. The van der Waals surface area contributed by atoms with Crippen molar-refractivity contribution in [1.29, 1.82) is 0 Å². The number of nitrogens with two attached hydrogens (primary N) is 1. The molecule has 74 valence electrons. The van der Waals surface area contributed by atoms with E-state index >= 15 is 0 Å². The monoisotopic (exact) mass is 209 g/mol. The Morgan fingerprint density at radius 2 is 2.21 bits per heavy atom. The highest BCUT2D eigenvalue weighted by molar-refractivity contribution is 6.31. The smallest absolute Gasteiger partial charge is 0.179 e. The number of hydrogen-bond acceptors (Lipinski definition) is 2. The first-order valence-corrected chi connectivity index (χ1v) is 5.27. The molecule has 0 heterocycles. The molecule has 0 spiro atoms. The molecule has 0 aromatic heterocycles. The van der Waals surface area contributed by atoms with E-state index in [1.165, 1.54) is 5.56 Å². The fourth-order valence-electron chi connectivity index (χ4n) is 2.01. The zero-order valence-electron chi connectivity index (χ0n) is 7.85. The molecular weight excluding hydrogens is 198 g/mol. The van der Waals surface area contributed by atoms with Gasteiger partial charge in [-0.3, -0.25) is 4.79 Å². The summed E-state index contributed by atoms with van der Waals surface area (Å²) in [7, 11) is 0. The molecule has 14 heavy (non-hydrogen) atoms. The predicted molar refractivity (Wildman–Crippen MR) is 57.9 cm³/mol. The number of nitrogen functional groups attached to an aromatic ring is 1. The van der Waals surface area contributed by atoms with Crippen LogP contribution in [0.4, 0.5) is 5.69 Å². The summed E-state index contributed by atoms with van der Waals surface area (Å²) in [6, 6.07) is 3.79. The number of carbonyl (C=O) groups is 1. The molecule has 2 nitrogen and oxygen atoms in total. The Labute approximate surface area is 88.1 Å². The van der Waals surface area contributed by atoms with E-state index in [4.69, 9.17) is 17.3 Å². The van der Waals surface area contributed by atoms with Crippen LogP contribution < -0.4 is 5.73 Å². The summed E-state index contributed by atoms with van der Waals surface area (Å²) in [5.41, 5.74) is 9.60. The van der Waals surface area contributed by atoms with Crippen LogP contribution in [0, 0.1) is 0 Å². The Bertz CT molecular complexity index is 387. The largest absolute Gasteiger partial charge is 0.398 e. The number of carbonyl (C=O) groups excluding carboxylic acids is 1. The summed E-state index contributed by atoms with van der Waals surface area (Å²) in [5.74, 6) is -0.0814. The number of ketones is 1. The maximum Gasteiger partial charge on any atom is 0.179 e. The average molecular weight is 210 g/mol. The van der Waals surface area contributed by atoms with E-state index in [-0.39, 0.29) is 11.7 Å². The van der Waals surface area contributed by atoms with Gasteiger partial charge in [-0.1, -0.05) is 6.07 Å². The number of aryl methyl sites for hydroxylation is 1. The summed E-state index contributed by atoms with van der Waals surface area (Å²) >= 11 is 5.50. The second-order valence-corrected chi connectivity index (χ2v) is 3.84. The fraction of sp³-hybridized carbons (Fsp3) is 0.364. The molecule has 0 amide bonds. The summed E-state index contributed by atoms with van der Waals surface area (Å²) in [6.45, 7) is 0. The summed E-state index contributed by atoms with van der Waals surface area (Å²) in [6.07, 6.45) is 3.21. The summed E-state index contributed by atoms with van der Waals surface area (Å²) in [5, 5.41) is 0. The van der Waals surface area contributed by atoms with Crippen molar-refractivity contribution < 1.29 is 4.79 Å². The maximum atomic E-state index is 11.4. The van der Waals surface area contributed by atoms with Gasteiger partial charge in [0, 0.05) is 11.3 Å². The quantitative estimate of drug-likeness (QED) is 0.461. The highest BCUT2D eigenvalue weighted by Crippen LogP contribution is 2.30. The zero-order chi connectivity index (χ0) is 10.1. The van der Waals surface area contributed by atoms with Crippen molar-refractivity contribution in [2.45, 2.75) is 19.3 Å². The van der Waals surface area contributed by atoms with E-state index in [0.717, 1.165) is 24.8 Å². The molecule has 0 saturated heterocycles. The lowest BCUT2D eigenvalue weighted by Gasteiger charge is -2.08. The van der Waals surface area contributed by atoms with Gasteiger partial charge >= 0.3 is 0 Å². The third kappa shape index (κ3) is 1.40. The van der Waals surface area contributed by atoms with Gasteiger partial charge in [-0.2, -0.15) is 0 Å². The minimum absolute atomic E-state index is 0.00296. The second-order valence-electron chi connectivity index (χ2n) is 3.57. The SMILES string of the molecule is Nc1c(C(=O)CCl)ccc2c1CCC2. The Morgan fingerprint density at radius 1 is 1.43 bits per heavy atom. The topological polar surface area (TPSA) is 43.1 Å². The Balaban J connectivity index is 2.50. The Kier molecular flexibility index (Phi) is 2.46. The van der Waals surface area contributed by atoms with E-state index < -0.39 is 0 Å². The van der Waals surface area contributed by atoms with Crippen LogP contribution in [0.2, 0.25) is 0 Å². The molecule has 2 rings (SSSR count). The van der Waals surface area contributed by atoms with Gasteiger partial charge in [-0.15, -0.1) is 11.6 Å². The van der Waals surface area contributed by atoms with Crippen LogP contribution in [0.15, 0.2) is 12.1 Å². The number of benzene rings is 1. The van der Waals surface area contributed by atoms with Crippen LogP contribution in [-0.4, -0.2) is 11.7 Å². The second kappa shape index (κ2) is 3.62. The number of hydrogen-bond donors (Lipinski definition) is 1. The molecule has 3 heteroatoms. The molecule has 0 unspecified atom stereocenters. The minimum atomic E-state index is -0.0844. The van der Waals surface area contributed by atoms with Gasteiger partial charge < -0.3 is 5.73 Å². The zero-order valence-corrected chi connectivity index (χ0v) is 8.60.